The number of carbonyl (C=O) groups is 2. The first-order chi connectivity index (χ1) is 12.4. The van der Waals surface area contributed by atoms with Crippen molar-refractivity contribution in [1.29, 1.82) is 0 Å². The molecule has 3 aromatic rings. The van der Waals surface area contributed by atoms with Crippen molar-refractivity contribution in [2.75, 3.05) is 10.6 Å². The molecule has 1 aromatic heterocycles. The van der Waals surface area contributed by atoms with Crippen molar-refractivity contribution < 1.29 is 9.59 Å². The Morgan fingerprint density at radius 1 is 1.08 bits per heavy atom. The highest BCUT2D eigenvalue weighted by Crippen LogP contribution is 2.32. The number of anilines is 2. The number of amides is 2. The molecule has 0 saturated heterocycles. The maximum Gasteiger partial charge on any atom is 0.257 e. The Morgan fingerprint density at radius 2 is 1.88 bits per heavy atom. The number of nitrogens with one attached hydrogen (secondary N) is 2. The van der Waals surface area contributed by atoms with Crippen molar-refractivity contribution in [2.24, 2.45) is 0 Å². The van der Waals surface area contributed by atoms with Crippen molar-refractivity contribution in [2.45, 2.75) is 6.92 Å². The predicted molar refractivity (Wildman–Crippen MR) is 106 cm³/mol. The van der Waals surface area contributed by atoms with Gasteiger partial charge in [-0.2, -0.15) is 0 Å². The van der Waals surface area contributed by atoms with Crippen LogP contribution in [0.15, 0.2) is 47.8 Å². The van der Waals surface area contributed by atoms with E-state index in [-0.39, 0.29) is 11.8 Å². The molecular weight excluding hydrogens is 393 g/mol. The number of halogens is 2. The van der Waals surface area contributed by atoms with Crippen LogP contribution in [0.5, 0.6) is 0 Å². The summed E-state index contributed by atoms with van der Waals surface area (Å²) in [7, 11) is 0. The fourth-order valence-corrected chi connectivity index (χ4v) is 3.47. The summed E-state index contributed by atoms with van der Waals surface area (Å²) in [6.45, 7) is 1.41. The molecule has 2 aromatic carbocycles. The van der Waals surface area contributed by atoms with Gasteiger partial charge in [-0.3, -0.25) is 14.9 Å². The van der Waals surface area contributed by atoms with Gasteiger partial charge in [-0.1, -0.05) is 29.3 Å². The summed E-state index contributed by atoms with van der Waals surface area (Å²) in [4.78, 5) is 27.9. The summed E-state index contributed by atoms with van der Waals surface area (Å²) < 4.78 is 0. The van der Waals surface area contributed by atoms with Crippen molar-refractivity contribution in [3.63, 3.8) is 0 Å². The van der Waals surface area contributed by atoms with Crippen LogP contribution in [0.2, 0.25) is 10.0 Å². The molecule has 5 nitrogen and oxygen atoms in total. The normalized spacial score (nSPS) is 10.4. The minimum atomic E-state index is -0.319. The molecule has 0 spiro atoms. The Morgan fingerprint density at radius 3 is 2.62 bits per heavy atom. The lowest BCUT2D eigenvalue weighted by atomic mass is 10.2. The Labute approximate surface area is 164 Å². The van der Waals surface area contributed by atoms with Crippen molar-refractivity contribution >= 4 is 57.2 Å². The number of hydrogen-bond acceptors (Lipinski definition) is 4. The van der Waals surface area contributed by atoms with Crippen LogP contribution in [-0.4, -0.2) is 16.8 Å². The van der Waals surface area contributed by atoms with Gasteiger partial charge in [0, 0.05) is 34.1 Å². The van der Waals surface area contributed by atoms with Crippen LogP contribution in [0.4, 0.5) is 10.8 Å². The zero-order chi connectivity index (χ0) is 18.7. The third-order valence-electron chi connectivity index (χ3n) is 3.38. The maximum atomic E-state index is 12.4. The molecule has 2 N–H and O–H groups in total. The molecule has 26 heavy (non-hydrogen) atoms. The largest absolute Gasteiger partial charge is 0.326 e. The molecule has 0 saturated carbocycles. The quantitative estimate of drug-likeness (QED) is 0.616. The van der Waals surface area contributed by atoms with E-state index >= 15 is 0 Å². The summed E-state index contributed by atoms with van der Waals surface area (Å²) in [5.74, 6) is -0.521. The van der Waals surface area contributed by atoms with Crippen LogP contribution in [0.1, 0.15) is 17.3 Å². The summed E-state index contributed by atoms with van der Waals surface area (Å²) >= 11 is 13.4. The second kappa shape index (κ2) is 7.86. The zero-order valence-corrected chi connectivity index (χ0v) is 15.9. The van der Waals surface area contributed by atoms with Gasteiger partial charge in [0.15, 0.2) is 5.13 Å². The van der Waals surface area contributed by atoms with Crippen molar-refractivity contribution in [3.8, 4) is 11.3 Å². The first-order valence-corrected chi connectivity index (χ1v) is 9.16. The first kappa shape index (κ1) is 18.4. The van der Waals surface area contributed by atoms with Gasteiger partial charge in [-0.25, -0.2) is 4.98 Å². The van der Waals surface area contributed by atoms with Crippen LogP contribution in [0, 0.1) is 0 Å². The first-order valence-electron chi connectivity index (χ1n) is 7.52. The van der Waals surface area contributed by atoms with Gasteiger partial charge in [-0.15, -0.1) is 11.3 Å². The van der Waals surface area contributed by atoms with Crippen LogP contribution < -0.4 is 10.6 Å². The number of benzene rings is 2. The molecular formula is C18H13Cl2N3O2S. The minimum Gasteiger partial charge on any atom is -0.326 e. The van der Waals surface area contributed by atoms with E-state index in [0.717, 1.165) is 5.56 Å². The van der Waals surface area contributed by atoms with E-state index in [4.69, 9.17) is 23.2 Å². The molecule has 8 heteroatoms. The van der Waals surface area contributed by atoms with E-state index in [0.29, 0.717) is 32.1 Å². The zero-order valence-electron chi connectivity index (χ0n) is 13.5. The number of rotatable bonds is 4. The van der Waals surface area contributed by atoms with Gasteiger partial charge in [-0.05, 0) is 36.4 Å². The topological polar surface area (TPSA) is 71.1 Å². The summed E-state index contributed by atoms with van der Waals surface area (Å²) in [6.07, 6.45) is 0. The summed E-state index contributed by atoms with van der Waals surface area (Å²) in [5, 5.41) is 8.67. The van der Waals surface area contributed by atoms with E-state index in [9.17, 15) is 9.59 Å². The third-order valence-corrected chi connectivity index (χ3v) is 4.68. The summed E-state index contributed by atoms with van der Waals surface area (Å²) in [6, 6.07) is 11.8. The van der Waals surface area contributed by atoms with Crippen LogP contribution in [0.3, 0.4) is 0 Å². The van der Waals surface area contributed by atoms with Gasteiger partial charge < -0.3 is 5.32 Å². The lowest BCUT2D eigenvalue weighted by Gasteiger charge is -2.05. The second-order valence-electron chi connectivity index (χ2n) is 5.38. The Bertz CT molecular complexity index is 988. The van der Waals surface area contributed by atoms with Gasteiger partial charge in [0.05, 0.1) is 10.7 Å². The van der Waals surface area contributed by atoms with Crippen LogP contribution >= 0.6 is 34.5 Å². The second-order valence-corrected chi connectivity index (χ2v) is 7.08. The third kappa shape index (κ3) is 4.40. The molecule has 0 atom stereocenters. The number of aromatic nitrogens is 1. The molecule has 1 heterocycles. The molecule has 0 fully saturated rings. The standard InChI is InChI=1S/C18H13Cl2N3O2S/c1-10(24)21-13-4-2-3-11(7-13)17(25)23-18-22-16(9-26-18)14-6-5-12(19)8-15(14)20/h2-9H,1H3,(H,21,24)(H,22,23,25). The average molecular weight is 406 g/mol. The fraction of sp³-hybridized carbons (Fsp3) is 0.0556. The van der Waals surface area contributed by atoms with E-state index in [2.05, 4.69) is 15.6 Å². The highest BCUT2D eigenvalue weighted by molar-refractivity contribution is 7.14. The molecule has 0 bridgehead atoms. The number of carbonyl (C=O) groups excluding carboxylic acids is 2. The van der Waals surface area contributed by atoms with Crippen LogP contribution in [-0.2, 0) is 4.79 Å². The lowest BCUT2D eigenvalue weighted by molar-refractivity contribution is -0.114. The smallest absolute Gasteiger partial charge is 0.257 e. The maximum absolute atomic E-state index is 12.4. The minimum absolute atomic E-state index is 0.202. The molecule has 0 aliphatic rings. The van der Waals surface area contributed by atoms with Gasteiger partial charge in [0.25, 0.3) is 5.91 Å². The van der Waals surface area contributed by atoms with Gasteiger partial charge >= 0.3 is 0 Å². The van der Waals surface area contributed by atoms with Gasteiger partial charge in [0.2, 0.25) is 5.91 Å². The number of thiazole rings is 1. The predicted octanol–water partition coefficient (Wildman–Crippen LogP) is 5.33. The SMILES string of the molecule is CC(=O)Nc1cccc(C(=O)Nc2nc(-c3ccc(Cl)cc3Cl)cs2)c1. The molecule has 3 rings (SSSR count). The molecule has 0 radical (unpaired) electrons. The van der Waals surface area contributed by atoms with Crippen molar-refractivity contribution in [1.82, 2.24) is 4.98 Å². The average Bonchev–Trinajstić information content (AvgIpc) is 3.02. The van der Waals surface area contributed by atoms with E-state index < -0.39 is 0 Å². The Balaban J connectivity index is 1.76. The lowest BCUT2D eigenvalue weighted by Crippen LogP contribution is -2.13. The van der Waals surface area contributed by atoms with Crippen molar-refractivity contribution in [3.05, 3.63) is 63.5 Å². The van der Waals surface area contributed by atoms with Gasteiger partial charge in [0.1, 0.15) is 0 Å². The fourth-order valence-electron chi connectivity index (χ4n) is 2.26. The monoisotopic (exact) mass is 405 g/mol. The van der Waals surface area contributed by atoms with E-state index in [1.165, 1.54) is 18.3 Å². The molecule has 132 valence electrons. The van der Waals surface area contributed by atoms with E-state index in [1.54, 1.807) is 47.8 Å². The molecule has 0 aliphatic heterocycles. The van der Waals surface area contributed by atoms with E-state index in [1.807, 2.05) is 0 Å². The highest BCUT2D eigenvalue weighted by Gasteiger charge is 2.12. The Kier molecular flexibility index (Phi) is 5.56. The number of nitrogens with zero attached hydrogens (tertiary/aromatic N) is 1. The molecule has 2 amide bonds. The highest BCUT2D eigenvalue weighted by atomic mass is 35.5. The van der Waals surface area contributed by atoms with Crippen LogP contribution in [0.25, 0.3) is 11.3 Å². The number of hydrogen-bond donors (Lipinski definition) is 2. The molecule has 0 aliphatic carbocycles. The summed E-state index contributed by atoms with van der Waals surface area (Å²) in [5.41, 5.74) is 2.36. The Hall–Kier alpha value is -2.41. The molecule has 0 unspecified atom stereocenters.